The summed E-state index contributed by atoms with van der Waals surface area (Å²) in [5.41, 5.74) is 8.56. The van der Waals surface area contributed by atoms with E-state index in [1.807, 2.05) is 0 Å². The maximum absolute atomic E-state index is 14.3. The van der Waals surface area contributed by atoms with Gasteiger partial charge in [-0.25, -0.2) is 4.39 Å². The fraction of sp³-hybridized carbons (Fsp3) is 0. The molecule has 0 aliphatic carbocycles. The second-order valence-electron chi connectivity index (χ2n) is 7.61. The molecule has 6 N–H and O–H groups in total. The van der Waals surface area contributed by atoms with Crippen LogP contribution in [0.15, 0.2) is 60.8 Å². The lowest BCUT2D eigenvalue weighted by atomic mass is 9.95. The van der Waals surface area contributed by atoms with E-state index in [0.29, 0.717) is 44.5 Å². The van der Waals surface area contributed by atoms with Crippen LogP contribution in [0.5, 0.6) is 5.75 Å². The van der Waals surface area contributed by atoms with E-state index in [-0.39, 0.29) is 17.0 Å². The number of amidine groups is 1. The number of rotatable bonds is 5. The van der Waals surface area contributed by atoms with Crippen LogP contribution in [-0.4, -0.2) is 36.3 Å². The number of phenols is 1. The number of hydrogen-bond donors (Lipinski definition) is 5. The first-order chi connectivity index (χ1) is 16.3. The Morgan fingerprint density at radius 2 is 1.88 bits per heavy atom. The first kappa shape index (κ1) is 20.8. The number of hydrogen-bond acceptors (Lipinski definition) is 6. The Hall–Kier alpha value is -5.06. The quantitative estimate of drug-likeness (QED) is 0.114. The number of phenolic OH excluding ortho intramolecular Hbond substituents is 1. The van der Waals surface area contributed by atoms with Crippen molar-refractivity contribution >= 4 is 22.4 Å². The maximum atomic E-state index is 14.3. The van der Waals surface area contributed by atoms with Gasteiger partial charge in [0, 0.05) is 39.7 Å². The van der Waals surface area contributed by atoms with Gasteiger partial charge >= 0.3 is 0 Å². The van der Waals surface area contributed by atoms with Crippen LogP contribution in [0.3, 0.4) is 0 Å². The number of fused-ring (bicyclic) bond motifs is 1. The molecule has 3 aromatic carbocycles. The largest absolute Gasteiger partial charge is 0.507 e. The molecule has 0 saturated carbocycles. The van der Waals surface area contributed by atoms with Gasteiger partial charge in [-0.05, 0) is 35.9 Å². The van der Waals surface area contributed by atoms with Crippen molar-refractivity contribution in [1.82, 2.24) is 20.4 Å². The highest BCUT2D eigenvalue weighted by atomic mass is 19.1. The normalized spacial score (nSPS) is 11.1. The minimum Gasteiger partial charge on any atom is -0.507 e. The van der Waals surface area contributed by atoms with Crippen LogP contribution in [0.4, 0.5) is 10.1 Å². The van der Waals surface area contributed by atoms with E-state index in [2.05, 4.69) is 20.4 Å². The number of nitrogens with one attached hydrogen (secondary N) is 3. The summed E-state index contributed by atoms with van der Waals surface area (Å²) in [6, 6.07) is 13.7. The SMILES string of the molecule is N=C(N)c1cc2cc(-c3cc(-c4cnn[nH]4)cc(-c4cccc([N+](=O)[O-])c4)c3O)[nH]c2cc1F. The van der Waals surface area contributed by atoms with Crippen molar-refractivity contribution in [2.45, 2.75) is 0 Å². The molecule has 5 aromatic rings. The number of nitrogens with two attached hydrogens (primary N) is 1. The average molecular weight is 457 g/mol. The summed E-state index contributed by atoms with van der Waals surface area (Å²) >= 11 is 0. The van der Waals surface area contributed by atoms with E-state index >= 15 is 0 Å². The van der Waals surface area contributed by atoms with Crippen LogP contribution < -0.4 is 5.73 Å². The summed E-state index contributed by atoms with van der Waals surface area (Å²) < 4.78 is 14.3. The Kier molecular flexibility index (Phi) is 4.79. The third kappa shape index (κ3) is 3.50. The van der Waals surface area contributed by atoms with Gasteiger partial charge in [-0.3, -0.25) is 20.6 Å². The minimum absolute atomic E-state index is 0.0307. The number of non-ortho nitro benzene ring substituents is 1. The zero-order valence-corrected chi connectivity index (χ0v) is 17.3. The molecule has 0 radical (unpaired) electrons. The fourth-order valence-corrected chi connectivity index (χ4v) is 3.85. The molecule has 0 aliphatic heterocycles. The van der Waals surface area contributed by atoms with E-state index < -0.39 is 16.6 Å². The molecular weight excluding hydrogens is 441 g/mol. The Morgan fingerprint density at radius 1 is 1.09 bits per heavy atom. The van der Waals surface area contributed by atoms with Gasteiger partial charge in [-0.2, -0.15) is 0 Å². The van der Waals surface area contributed by atoms with Gasteiger partial charge < -0.3 is 15.8 Å². The molecule has 2 heterocycles. The van der Waals surface area contributed by atoms with Crippen LogP contribution in [0, 0.1) is 21.3 Å². The van der Waals surface area contributed by atoms with Crippen molar-refractivity contribution in [1.29, 1.82) is 5.41 Å². The molecule has 0 fully saturated rings. The van der Waals surface area contributed by atoms with E-state index in [1.165, 1.54) is 36.5 Å². The maximum Gasteiger partial charge on any atom is 0.270 e. The molecule has 0 bridgehead atoms. The number of nitro benzene ring substituents is 1. The van der Waals surface area contributed by atoms with E-state index in [9.17, 15) is 19.6 Å². The molecule has 5 rings (SSSR count). The van der Waals surface area contributed by atoms with Crippen molar-refractivity contribution in [2.75, 3.05) is 0 Å². The van der Waals surface area contributed by atoms with Crippen molar-refractivity contribution in [3.05, 3.63) is 82.3 Å². The number of H-pyrrole nitrogens is 2. The standard InChI is InChI=1S/C23H16FN7O3/c24-18-9-19-13(6-16(18)23(25)26)8-20(28-19)17-7-12(21-10-27-30-29-21)5-15(22(17)32)11-2-1-3-14(4-11)31(33)34/h1-10,28,32H,(H3,25,26)(H,27,29,30). The third-order valence-corrected chi connectivity index (χ3v) is 5.49. The van der Waals surface area contributed by atoms with Crippen molar-refractivity contribution in [3.63, 3.8) is 0 Å². The number of benzene rings is 3. The Labute approximate surface area is 190 Å². The monoisotopic (exact) mass is 457 g/mol. The highest BCUT2D eigenvalue weighted by Gasteiger charge is 2.19. The van der Waals surface area contributed by atoms with Gasteiger partial charge in [0.05, 0.1) is 28.1 Å². The number of aromatic amines is 2. The summed E-state index contributed by atoms with van der Waals surface area (Å²) in [5.74, 6) is -1.17. The summed E-state index contributed by atoms with van der Waals surface area (Å²) in [6.07, 6.45) is 1.51. The number of nitro groups is 1. The van der Waals surface area contributed by atoms with E-state index in [0.717, 1.165) is 0 Å². The van der Waals surface area contributed by atoms with Gasteiger partial charge in [0.2, 0.25) is 0 Å². The highest BCUT2D eigenvalue weighted by Crippen LogP contribution is 2.42. The Bertz CT molecular complexity index is 1590. The molecule has 2 aromatic heterocycles. The predicted octanol–water partition coefficient (Wildman–Crippen LogP) is 4.32. The van der Waals surface area contributed by atoms with Crippen LogP contribution >= 0.6 is 0 Å². The van der Waals surface area contributed by atoms with Crippen LogP contribution in [0.25, 0.3) is 44.5 Å². The minimum atomic E-state index is -0.646. The van der Waals surface area contributed by atoms with Crippen LogP contribution in [0.2, 0.25) is 0 Å². The molecule has 168 valence electrons. The molecule has 10 nitrogen and oxygen atoms in total. The average Bonchev–Trinajstić information content (AvgIpc) is 3.48. The van der Waals surface area contributed by atoms with Gasteiger partial charge in [0.15, 0.2) is 0 Å². The molecule has 0 unspecified atom stereocenters. The van der Waals surface area contributed by atoms with Crippen LogP contribution in [0.1, 0.15) is 5.56 Å². The highest BCUT2D eigenvalue weighted by molar-refractivity contribution is 6.00. The van der Waals surface area contributed by atoms with Gasteiger partial charge in [-0.1, -0.05) is 17.3 Å². The molecule has 0 saturated heterocycles. The Balaban J connectivity index is 1.75. The fourth-order valence-electron chi connectivity index (χ4n) is 3.85. The first-order valence-corrected chi connectivity index (χ1v) is 9.97. The van der Waals surface area contributed by atoms with Gasteiger partial charge in [-0.15, -0.1) is 5.10 Å². The summed E-state index contributed by atoms with van der Waals surface area (Å²) in [7, 11) is 0. The summed E-state index contributed by atoms with van der Waals surface area (Å²) in [6.45, 7) is 0. The van der Waals surface area contributed by atoms with Crippen molar-refractivity contribution in [2.24, 2.45) is 5.73 Å². The molecule has 0 amide bonds. The van der Waals surface area contributed by atoms with Crippen molar-refractivity contribution in [3.8, 4) is 39.4 Å². The smallest absolute Gasteiger partial charge is 0.270 e. The topological polar surface area (TPSA) is 171 Å². The Morgan fingerprint density at radius 3 is 2.59 bits per heavy atom. The number of halogens is 1. The number of nitrogens with zero attached hydrogens (tertiary/aromatic N) is 3. The molecule has 11 heteroatoms. The van der Waals surface area contributed by atoms with Crippen molar-refractivity contribution < 1.29 is 14.4 Å². The second-order valence-corrected chi connectivity index (χ2v) is 7.61. The summed E-state index contributed by atoms with van der Waals surface area (Å²) in [5, 5.41) is 40.9. The molecule has 0 spiro atoms. The van der Waals surface area contributed by atoms with E-state index in [1.54, 1.807) is 24.3 Å². The number of aromatic hydroxyl groups is 1. The van der Waals surface area contributed by atoms with Gasteiger partial charge in [0.1, 0.15) is 17.4 Å². The second kappa shape index (κ2) is 7.81. The lowest BCUT2D eigenvalue weighted by Crippen LogP contribution is -2.12. The molecular formula is C23H16FN7O3. The lowest BCUT2D eigenvalue weighted by molar-refractivity contribution is -0.384. The number of aromatic nitrogens is 4. The molecule has 34 heavy (non-hydrogen) atoms. The van der Waals surface area contributed by atoms with E-state index in [4.69, 9.17) is 11.1 Å². The zero-order chi connectivity index (χ0) is 24.0. The number of nitrogen functional groups attached to an aromatic ring is 1. The molecule has 0 atom stereocenters. The summed E-state index contributed by atoms with van der Waals surface area (Å²) in [4.78, 5) is 13.8. The van der Waals surface area contributed by atoms with Gasteiger partial charge in [0.25, 0.3) is 5.69 Å². The van der Waals surface area contributed by atoms with Crippen LogP contribution in [-0.2, 0) is 0 Å². The molecule has 0 aliphatic rings. The first-order valence-electron chi connectivity index (χ1n) is 9.97. The third-order valence-electron chi connectivity index (χ3n) is 5.49. The predicted molar refractivity (Wildman–Crippen MR) is 124 cm³/mol. The lowest BCUT2D eigenvalue weighted by Gasteiger charge is -2.12. The zero-order valence-electron chi connectivity index (χ0n) is 17.3.